The minimum absolute atomic E-state index is 0.0519. The lowest BCUT2D eigenvalue weighted by molar-refractivity contribution is -0.121. The van der Waals surface area contributed by atoms with Crippen LogP contribution >= 0.6 is 0 Å². The number of anilines is 3. The van der Waals surface area contributed by atoms with Crippen LogP contribution in [-0.2, 0) is 17.8 Å². The molecule has 4 aromatic rings. The van der Waals surface area contributed by atoms with E-state index in [1.54, 1.807) is 23.3 Å². The van der Waals surface area contributed by atoms with Gasteiger partial charge in [0.15, 0.2) is 5.82 Å². The Hall–Kier alpha value is -4.01. The SMILES string of the molecule is CNc1cncc(-c2cc3cc(Nc4cc5n(n4)CC(=O)NCC5)ncc3cc2F)c1C. The Kier molecular flexibility index (Phi) is 4.93. The Bertz CT molecular complexity index is 1350. The molecule has 3 N–H and O–H groups in total. The van der Waals surface area contributed by atoms with Gasteiger partial charge in [-0.3, -0.25) is 14.5 Å². The molecular formula is C23H22FN7O. The number of amides is 1. The second-order valence-corrected chi connectivity index (χ2v) is 7.76. The van der Waals surface area contributed by atoms with Crippen molar-refractivity contribution in [2.75, 3.05) is 24.2 Å². The molecule has 1 aromatic carbocycles. The zero-order valence-corrected chi connectivity index (χ0v) is 17.7. The minimum Gasteiger partial charge on any atom is -0.387 e. The first-order valence-corrected chi connectivity index (χ1v) is 10.3. The number of hydrogen-bond acceptors (Lipinski definition) is 6. The van der Waals surface area contributed by atoms with Gasteiger partial charge in [0.1, 0.15) is 18.2 Å². The first-order chi connectivity index (χ1) is 15.5. The van der Waals surface area contributed by atoms with Crippen molar-refractivity contribution in [3.05, 3.63) is 59.9 Å². The van der Waals surface area contributed by atoms with Gasteiger partial charge in [0.2, 0.25) is 5.91 Å². The van der Waals surface area contributed by atoms with Gasteiger partial charge in [-0.2, -0.15) is 5.10 Å². The molecule has 0 radical (unpaired) electrons. The third-order valence-corrected chi connectivity index (χ3v) is 5.70. The Balaban J connectivity index is 1.50. The van der Waals surface area contributed by atoms with Gasteiger partial charge in [-0.15, -0.1) is 0 Å². The zero-order valence-electron chi connectivity index (χ0n) is 17.7. The lowest BCUT2D eigenvalue weighted by Crippen LogP contribution is -2.25. The van der Waals surface area contributed by atoms with E-state index < -0.39 is 0 Å². The van der Waals surface area contributed by atoms with E-state index in [-0.39, 0.29) is 18.3 Å². The Morgan fingerprint density at radius 1 is 1.06 bits per heavy atom. The molecule has 0 unspecified atom stereocenters. The highest BCUT2D eigenvalue weighted by molar-refractivity contribution is 5.90. The van der Waals surface area contributed by atoms with E-state index in [4.69, 9.17) is 0 Å². The number of fused-ring (bicyclic) bond motifs is 2. The highest BCUT2D eigenvalue weighted by atomic mass is 19.1. The average molecular weight is 431 g/mol. The minimum atomic E-state index is -0.325. The van der Waals surface area contributed by atoms with E-state index in [1.807, 2.05) is 32.2 Å². The van der Waals surface area contributed by atoms with Crippen LogP contribution < -0.4 is 16.0 Å². The number of benzene rings is 1. The van der Waals surface area contributed by atoms with Gasteiger partial charge in [-0.05, 0) is 36.1 Å². The summed E-state index contributed by atoms with van der Waals surface area (Å²) in [6, 6.07) is 7.08. The van der Waals surface area contributed by atoms with E-state index in [0.29, 0.717) is 35.6 Å². The van der Waals surface area contributed by atoms with Crippen molar-refractivity contribution in [2.45, 2.75) is 19.9 Å². The van der Waals surface area contributed by atoms with E-state index in [9.17, 15) is 9.18 Å². The van der Waals surface area contributed by atoms with Crippen LogP contribution in [0.1, 0.15) is 11.3 Å². The smallest absolute Gasteiger partial charge is 0.241 e. The third-order valence-electron chi connectivity index (χ3n) is 5.70. The topological polar surface area (TPSA) is 96.8 Å². The van der Waals surface area contributed by atoms with Crippen molar-refractivity contribution in [3.8, 4) is 11.1 Å². The number of aromatic nitrogens is 4. The summed E-state index contributed by atoms with van der Waals surface area (Å²) in [5, 5.41) is 15.1. The highest BCUT2D eigenvalue weighted by Crippen LogP contribution is 2.33. The molecule has 162 valence electrons. The molecule has 4 heterocycles. The Morgan fingerprint density at radius 3 is 2.78 bits per heavy atom. The van der Waals surface area contributed by atoms with Crippen LogP contribution in [0.4, 0.5) is 21.7 Å². The largest absolute Gasteiger partial charge is 0.387 e. The summed E-state index contributed by atoms with van der Waals surface area (Å²) < 4.78 is 16.6. The molecule has 3 aromatic heterocycles. The number of hydrogen-bond donors (Lipinski definition) is 3. The molecule has 0 atom stereocenters. The molecule has 0 spiro atoms. The molecule has 0 bridgehead atoms. The normalized spacial score (nSPS) is 13.4. The number of carbonyl (C=O) groups is 1. The Labute approximate surface area is 183 Å². The molecule has 9 heteroatoms. The molecule has 0 saturated heterocycles. The maximum Gasteiger partial charge on any atom is 0.241 e. The number of pyridine rings is 2. The van der Waals surface area contributed by atoms with Crippen LogP contribution in [0.2, 0.25) is 0 Å². The van der Waals surface area contributed by atoms with E-state index >= 15 is 0 Å². The standard InChI is InChI=1S/C23H22FN7O/c1-13-18(10-26-11-20(13)25-2)17-5-14-7-21(28-9-15(14)6-19(17)24)29-22-8-16-3-4-27-23(32)12-31(16)30-22/h5-11,25H,3-4,12H2,1-2H3,(H,27,32)(H,28,29,30). The second-order valence-electron chi connectivity index (χ2n) is 7.76. The summed E-state index contributed by atoms with van der Waals surface area (Å²) in [7, 11) is 1.82. The second kappa shape index (κ2) is 7.92. The molecular weight excluding hydrogens is 409 g/mol. The number of carbonyl (C=O) groups excluding carboxylic acids is 1. The molecule has 1 aliphatic rings. The number of nitrogens with zero attached hydrogens (tertiary/aromatic N) is 4. The fraction of sp³-hybridized carbons (Fsp3) is 0.217. The van der Waals surface area contributed by atoms with Crippen LogP contribution in [-0.4, -0.2) is 39.2 Å². The molecule has 0 aliphatic carbocycles. The first-order valence-electron chi connectivity index (χ1n) is 10.3. The van der Waals surface area contributed by atoms with Crippen molar-refractivity contribution >= 4 is 34.0 Å². The van der Waals surface area contributed by atoms with Gasteiger partial charge in [0.05, 0.1) is 11.9 Å². The maximum atomic E-state index is 14.9. The number of rotatable bonds is 4. The zero-order chi connectivity index (χ0) is 22.2. The van der Waals surface area contributed by atoms with E-state index in [0.717, 1.165) is 27.9 Å². The van der Waals surface area contributed by atoms with Crippen molar-refractivity contribution in [1.29, 1.82) is 0 Å². The van der Waals surface area contributed by atoms with E-state index in [2.05, 4.69) is 31.0 Å². The molecule has 0 saturated carbocycles. The van der Waals surface area contributed by atoms with Gasteiger partial charge < -0.3 is 16.0 Å². The summed E-state index contributed by atoms with van der Waals surface area (Å²) in [5.41, 5.74) is 3.97. The molecule has 0 fully saturated rings. The maximum absolute atomic E-state index is 14.9. The van der Waals surface area contributed by atoms with Gasteiger partial charge in [-0.25, -0.2) is 9.37 Å². The molecule has 1 aliphatic heterocycles. The predicted molar refractivity (Wildman–Crippen MR) is 121 cm³/mol. The Morgan fingerprint density at radius 2 is 1.94 bits per heavy atom. The lowest BCUT2D eigenvalue weighted by atomic mass is 9.98. The van der Waals surface area contributed by atoms with Gasteiger partial charge >= 0.3 is 0 Å². The average Bonchev–Trinajstić information content (AvgIpc) is 3.05. The predicted octanol–water partition coefficient (Wildman–Crippen LogP) is 3.40. The summed E-state index contributed by atoms with van der Waals surface area (Å²) in [6.45, 7) is 2.73. The van der Waals surface area contributed by atoms with Crippen molar-refractivity contribution < 1.29 is 9.18 Å². The first kappa shape index (κ1) is 19.9. The molecule has 32 heavy (non-hydrogen) atoms. The van der Waals surface area contributed by atoms with Gasteiger partial charge in [0, 0.05) is 60.7 Å². The van der Waals surface area contributed by atoms with Crippen LogP contribution in [0.3, 0.4) is 0 Å². The van der Waals surface area contributed by atoms with Crippen molar-refractivity contribution in [1.82, 2.24) is 25.1 Å². The molecule has 5 rings (SSSR count). The summed E-state index contributed by atoms with van der Waals surface area (Å²) in [5.74, 6) is 0.829. The summed E-state index contributed by atoms with van der Waals surface area (Å²) >= 11 is 0. The third kappa shape index (κ3) is 3.62. The number of nitrogens with one attached hydrogen (secondary N) is 3. The highest BCUT2D eigenvalue weighted by Gasteiger charge is 2.16. The fourth-order valence-corrected chi connectivity index (χ4v) is 4.00. The van der Waals surface area contributed by atoms with Crippen LogP contribution in [0, 0.1) is 12.7 Å². The number of halogens is 1. The van der Waals surface area contributed by atoms with Gasteiger partial charge in [-0.1, -0.05) is 0 Å². The van der Waals surface area contributed by atoms with Crippen LogP contribution in [0.5, 0.6) is 0 Å². The quantitative estimate of drug-likeness (QED) is 0.458. The van der Waals surface area contributed by atoms with Crippen molar-refractivity contribution in [3.63, 3.8) is 0 Å². The molecule has 1 amide bonds. The fourth-order valence-electron chi connectivity index (χ4n) is 4.00. The summed E-state index contributed by atoms with van der Waals surface area (Å²) in [4.78, 5) is 20.4. The monoisotopic (exact) mass is 431 g/mol. The molecule has 8 nitrogen and oxygen atoms in total. The van der Waals surface area contributed by atoms with Crippen LogP contribution in [0.15, 0.2) is 42.9 Å². The lowest BCUT2D eigenvalue weighted by Gasteiger charge is -2.12. The van der Waals surface area contributed by atoms with E-state index in [1.165, 1.54) is 6.07 Å². The van der Waals surface area contributed by atoms with Gasteiger partial charge in [0.25, 0.3) is 0 Å². The van der Waals surface area contributed by atoms with Crippen molar-refractivity contribution in [2.24, 2.45) is 0 Å². The van der Waals surface area contributed by atoms with Crippen LogP contribution in [0.25, 0.3) is 21.9 Å². The summed E-state index contributed by atoms with van der Waals surface area (Å²) in [6.07, 6.45) is 5.75.